The minimum atomic E-state index is -0.601. The van der Waals surface area contributed by atoms with E-state index in [0.717, 1.165) is 29.7 Å². The van der Waals surface area contributed by atoms with Crippen molar-refractivity contribution in [1.82, 2.24) is 4.57 Å². The number of fused-ring (bicyclic) bond motifs is 6. The summed E-state index contributed by atoms with van der Waals surface area (Å²) < 4.78 is 24.3. The van der Waals surface area contributed by atoms with Crippen molar-refractivity contribution in [2.75, 3.05) is 33.5 Å². The Kier molecular flexibility index (Phi) is 10.0. The van der Waals surface area contributed by atoms with Crippen molar-refractivity contribution < 1.29 is 54.9 Å². The van der Waals surface area contributed by atoms with Gasteiger partial charge in [0, 0.05) is 31.1 Å². The van der Waals surface area contributed by atoms with Crippen LogP contribution in [0.1, 0.15) is 61.7 Å². The van der Waals surface area contributed by atoms with Gasteiger partial charge in [0.15, 0.2) is 5.43 Å². The molecule has 182 valence electrons. The maximum Gasteiger partial charge on any atom is 2.00 e. The predicted octanol–water partition coefficient (Wildman–Crippen LogP) is 4.40. The predicted molar refractivity (Wildman–Crippen MR) is 125 cm³/mol. The van der Waals surface area contributed by atoms with E-state index in [0.29, 0.717) is 25.6 Å². The average molecular weight is 694 g/mol. The molecule has 2 aliphatic heterocycles. The zero-order chi connectivity index (χ0) is 22.9. The fourth-order valence-corrected chi connectivity index (χ4v) is 4.59. The van der Waals surface area contributed by atoms with E-state index in [2.05, 4.69) is 19.9 Å². The van der Waals surface area contributed by atoms with Gasteiger partial charge in [0.1, 0.15) is 5.56 Å². The first-order chi connectivity index (χ1) is 15.4. The number of ether oxygens (including phenoxy) is 4. The number of rotatable bonds is 8. The summed E-state index contributed by atoms with van der Waals surface area (Å²) in [6.07, 6.45) is 3.24. The number of hydrogen-bond donors (Lipinski definition) is 0. The van der Waals surface area contributed by atoms with E-state index in [-0.39, 0.29) is 73.7 Å². The van der Waals surface area contributed by atoms with Crippen molar-refractivity contribution in [3.63, 3.8) is 0 Å². The average Bonchev–Trinajstić information content (AvgIpc) is 3.09. The third kappa shape index (κ3) is 5.46. The number of hydrogen-bond acceptors (Lipinski definition) is 6. The quantitative estimate of drug-likeness (QED) is 0.232. The Labute approximate surface area is 225 Å². The van der Waals surface area contributed by atoms with Crippen LogP contribution in [0.25, 0.3) is 11.3 Å². The van der Waals surface area contributed by atoms with Gasteiger partial charge < -0.3 is 30.9 Å². The summed E-state index contributed by atoms with van der Waals surface area (Å²) in [6, 6.07) is 8.46. The Morgan fingerprint density at radius 1 is 1.26 bits per heavy atom. The molecule has 0 saturated carbocycles. The molecule has 1 fully saturated rings. The van der Waals surface area contributed by atoms with Crippen molar-refractivity contribution in [2.24, 2.45) is 5.41 Å². The molecule has 0 amide bonds. The van der Waals surface area contributed by atoms with Crippen LogP contribution < -0.4 is 10.2 Å². The SMILES string of the molecule is CCOC(=O)c1cn2c(cc1=O)-c1c[c-]c(OCCCCOC)cc1C1OCC(C)(C)C12.[CH3-].[U+2]. The zero-order valence-corrected chi connectivity index (χ0v) is 24.8. The Balaban J connectivity index is 0.00000204. The molecule has 0 aliphatic carbocycles. The second kappa shape index (κ2) is 11.9. The zero-order valence-electron chi connectivity index (χ0n) is 20.6. The Morgan fingerprint density at radius 2 is 2.00 bits per heavy atom. The molecule has 34 heavy (non-hydrogen) atoms. The summed E-state index contributed by atoms with van der Waals surface area (Å²) in [4.78, 5) is 25.1. The number of methoxy groups -OCH3 is 1. The smallest absolute Gasteiger partial charge is 0.519 e. The topological polar surface area (TPSA) is 76.0 Å². The molecule has 8 heteroatoms. The number of nitrogens with zero attached hydrogens (tertiary/aromatic N) is 1. The summed E-state index contributed by atoms with van der Waals surface area (Å²) >= 11 is 0. The molecule has 1 aromatic heterocycles. The van der Waals surface area contributed by atoms with Gasteiger partial charge in [-0.2, -0.15) is 6.07 Å². The van der Waals surface area contributed by atoms with Gasteiger partial charge in [-0.25, -0.2) is 4.79 Å². The van der Waals surface area contributed by atoms with E-state index in [1.807, 2.05) is 16.7 Å². The van der Waals surface area contributed by atoms with Crippen LogP contribution in [0.2, 0.25) is 0 Å². The number of unbranched alkanes of at least 4 members (excludes halogenated alkanes) is 1. The second-order valence-corrected chi connectivity index (χ2v) is 8.94. The molecule has 0 radical (unpaired) electrons. The summed E-state index contributed by atoms with van der Waals surface area (Å²) in [5.41, 5.74) is 2.09. The van der Waals surface area contributed by atoms with E-state index in [9.17, 15) is 9.59 Å². The normalized spacial score (nSPS) is 19.1. The van der Waals surface area contributed by atoms with E-state index in [1.54, 1.807) is 20.2 Å². The van der Waals surface area contributed by atoms with Crippen molar-refractivity contribution in [2.45, 2.75) is 45.8 Å². The van der Waals surface area contributed by atoms with E-state index >= 15 is 0 Å². The molecule has 1 aromatic carbocycles. The van der Waals surface area contributed by atoms with Crippen LogP contribution in [0.4, 0.5) is 0 Å². The molecule has 2 atom stereocenters. The van der Waals surface area contributed by atoms with Crippen molar-refractivity contribution in [1.29, 1.82) is 0 Å². The van der Waals surface area contributed by atoms with Crippen molar-refractivity contribution in [3.05, 3.63) is 59.2 Å². The van der Waals surface area contributed by atoms with Gasteiger partial charge in [-0.1, -0.05) is 13.8 Å². The van der Waals surface area contributed by atoms with Gasteiger partial charge in [-0.05, 0) is 31.5 Å². The van der Waals surface area contributed by atoms with E-state index in [4.69, 9.17) is 18.9 Å². The first-order valence-corrected chi connectivity index (χ1v) is 11.1. The van der Waals surface area contributed by atoms with Crippen LogP contribution in [0, 0.1) is 50.0 Å². The molecule has 2 aromatic rings. The Hall–Kier alpha value is -1.59. The molecular formula is C26H33NO6U. The molecule has 0 bridgehead atoms. The first kappa shape index (κ1) is 28.6. The molecule has 3 heterocycles. The van der Waals surface area contributed by atoms with E-state index < -0.39 is 5.97 Å². The molecule has 1 saturated heterocycles. The van der Waals surface area contributed by atoms with Gasteiger partial charge in [-0.3, -0.25) is 4.79 Å². The number of pyridine rings is 1. The van der Waals surface area contributed by atoms with Crippen molar-refractivity contribution in [3.8, 4) is 17.0 Å². The monoisotopic (exact) mass is 693 g/mol. The molecule has 0 spiro atoms. The van der Waals surface area contributed by atoms with E-state index in [1.165, 1.54) is 6.07 Å². The number of carbonyl (C=O) groups excluding carboxylic acids is 1. The standard InChI is InChI=1S/C25H30NO6.CH3.U/c1-5-30-24(28)19-14-26-20(13-21(19)27)17-9-8-16(31-11-7-6-10-29-4)12-18(17)22-23(26)25(2,3)15-32-22;;/h9,12-14,22-23H,5-7,10-11,15H2,1-4H3;1H3;/q2*-1;+2. The maximum atomic E-state index is 12.8. The maximum absolute atomic E-state index is 12.8. The fourth-order valence-electron chi connectivity index (χ4n) is 4.59. The summed E-state index contributed by atoms with van der Waals surface area (Å²) in [5.74, 6) is 0.0582. The van der Waals surface area contributed by atoms with Crippen LogP contribution >= 0.6 is 0 Å². The number of aromatic nitrogens is 1. The van der Waals surface area contributed by atoms with Crippen LogP contribution in [0.3, 0.4) is 0 Å². The minimum absolute atomic E-state index is 0. The van der Waals surface area contributed by atoms with Gasteiger partial charge in [0.25, 0.3) is 0 Å². The van der Waals surface area contributed by atoms with Crippen molar-refractivity contribution >= 4 is 5.97 Å². The number of esters is 1. The number of carbonyl (C=O) groups is 1. The van der Waals surface area contributed by atoms with Gasteiger partial charge in [0.05, 0.1) is 32.0 Å². The second-order valence-electron chi connectivity index (χ2n) is 8.94. The summed E-state index contributed by atoms with van der Waals surface area (Å²) in [7, 11) is 1.69. The van der Waals surface area contributed by atoms with Gasteiger partial charge in [-0.15, -0.1) is 23.3 Å². The third-order valence-electron chi connectivity index (χ3n) is 6.14. The number of benzene rings is 1. The fraction of sp³-hybridized carbons (Fsp3) is 0.500. The molecule has 2 aliphatic rings. The third-order valence-corrected chi connectivity index (χ3v) is 6.14. The largest absolute Gasteiger partial charge is 2.00 e. The van der Waals surface area contributed by atoms with Gasteiger partial charge >= 0.3 is 37.1 Å². The van der Waals surface area contributed by atoms with Crippen LogP contribution in [0.15, 0.2) is 29.2 Å². The summed E-state index contributed by atoms with van der Waals surface area (Å²) in [5, 5.41) is 0. The first-order valence-electron chi connectivity index (χ1n) is 11.1. The van der Waals surface area contributed by atoms with Gasteiger partial charge in [0.2, 0.25) is 0 Å². The minimum Gasteiger partial charge on any atom is -0.519 e. The Morgan fingerprint density at radius 3 is 2.71 bits per heavy atom. The molecule has 0 N–H and O–H groups in total. The molecular weight excluding hydrogens is 660 g/mol. The van der Waals surface area contributed by atoms with Crippen LogP contribution in [-0.2, 0) is 14.2 Å². The van der Waals surface area contributed by atoms with Crippen LogP contribution in [0.5, 0.6) is 5.75 Å². The van der Waals surface area contributed by atoms with Crippen LogP contribution in [-0.4, -0.2) is 44.1 Å². The Bertz CT molecular complexity index is 1060. The molecule has 2 unspecified atom stereocenters. The summed E-state index contributed by atoms with van der Waals surface area (Å²) in [6.45, 7) is 8.07. The molecule has 4 rings (SSSR count). The molecule has 7 nitrogen and oxygen atoms in total.